The Morgan fingerprint density at radius 1 is 1.42 bits per heavy atom. The molecule has 0 fully saturated rings. The highest BCUT2D eigenvalue weighted by Gasteiger charge is 2.21. The van der Waals surface area contributed by atoms with Crippen molar-refractivity contribution in [3.05, 3.63) is 29.8 Å². The highest BCUT2D eigenvalue weighted by molar-refractivity contribution is 5.96. The Balaban J connectivity index is 2.68. The molecule has 0 bridgehead atoms. The van der Waals surface area contributed by atoms with Crippen LogP contribution >= 0.6 is 0 Å². The first kappa shape index (κ1) is 14.6. The van der Waals surface area contributed by atoms with Crippen molar-refractivity contribution < 1.29 is 23.9 Å². The third kappa shape index (κ3) is 4.70. The fourth-order valence-electron chi connectivity index (χ4n) is 1.30. The van der Waals surface area contributed by atoms with Crippen LogP contribution in [0.4, 0.5) is 4.39 Å². The third-order valence-electron chi connectivity index (χ3n) is 2.27. The molecule has 0 saturated heterocycles. The van der Waals surface area contributed by atoms with Gasteiger partial charge in [-0.15, -0.1) is 0 Å². The van der Waals surface area contributed by atoms with Crippen molar-refractivity contribution in [2.24, 2.45) is 5.73 Å². The van der Waals surface area contributed by atoms with E-state index in [4.69, 9.17) is 10.8 Å². The Hall–Kier alpha value is -2.51. The van der Waals surface area contributed by atoms with Gasteiger partial charge in [-0.2, -0.15) is 4.39 Å². The van der Waals surface area contributed by atoms with Crippen molar-refractivity contribution in [1.29, 1.82) is 0 Å². The third-order valence-corrected chi connectivity index (χ3v) is 2.27. The van der Waals surface area contributed by atoms with Crippen LogP contribution in [0.3, 0.4) is 0 Å². The molecule has 1 heterocycles. The number of hydrogen-bond donors (Lipinski definition) is 3. The normalized spacial score (nSPS) is 11.6. The number of hydrogen-bond acceptors (Lipinski definition) is 4. The van der Waals surface area contributed by atoms with Gasteiger partial charge in [0.05, 0.1) is 5.56 Å². The number of carboxylic acid groups (broad SMARTS) is 1. The van der Waals surface area contributed by atoms with Crippen molar-refractivity contribution in [2.75, 3.05) is 0 Å². The SMILES string of the molecule is NC(=O)CC[C@H](NC(=O)c1ccc(F)nc1)C(=O)O. The fourth-order valence-corrected chi connectivity index (χ4v) is 1.30. The number of amides is 2. The molecule has 0 unspecified atom stereocenters. The van der Waals surface area contributed by atoms with Gasteiger partial charge in [-0.1, -0.05) is 0 Å². The summed E-state index contributed by atoms with van der Waals surface area (Å²) >= 11 is 0. The van der Waals surface area contributed by atoms with Gasteiger partial charge in [0.2, 0.25) is 11.9 Å². The molecular weight excluding hydrogens is 257 g/mol. The molecule has 1 aromatic rings. The van der Waals surface area contributed by atoms with Crippen LogP contribution in [0, 0.1) is 5.95 Å². The largest absolute Gasteiger partial charge is 0.480 e. The summed E-state index contributed by atoms with van der Waals surface area (Å²) in [4.78, 5) is 36.4. The van der Waals surface area contributed by atoms with Gasteiger partial charge in [0.1, 0.15) is 6.04 Å². The number of aliphatic carboxylic acids is 1. The van der Waals surface area contributed by atoms with Crippen molar-refractivity contribution in [3.8, 4) is 0 Å². The van der Waals surface area contributed by atoms with E-state index in [1.54, 1.807) is 0 Å². The smallest absolute Gasteiger partial charge is 0.326 e. The van der Waals surface area contributed by atoms with Crippen molar-refractivity contribution in [2.45, 2.75) is 18.9 Å². The maximum absolute atomic E-state index is 12.6. The maximum Gasteiger partial charge on any atom is 0.326 e. The summed E-state index contributed by atoms with van der Waals surface area (Å²) in [5.74, 6) is -3.42. The Morgan fingerprint density at radius 2 is 2.11 bits per heavy atom. The lowest BCUT2D eigenvalue weighted by atomic mass is 10.1. The lowest BCUT2D eigenvalue weighted by Crippen LogP contribution is -2.41. The van der Waals surface area contributed by atoms with Gasteiger partial charge < -0.3 is 16.2 Å². The van der Waals surface area contributed by atoms with Crippen molar-refractivity contribution >= 4 is 17.8 Å². The highest BCUT2D eigenvalue weighted by atomic mass is 19.1. The quantitative estimate of drug-likeness (QED) is 0.610. The van der Waals surface area contributed by atoms with Crippen LogP contribution in [0.5, 0.6) is 0 Å². The minimum Gasteiger partial charge on any atom is -0.480 e. The Labute approximate surface area is 107 Å². The standard InChI is InChI=1S/C11H12FN3O4/c12-8-3-1-6(5-14-8)10(17)15-7(11(18)19)2-4-9(13)16/h1,3,5,7H,2,4H2,(H2,13,16)(H,15,17)(H,18,19)/t7-/m0/s1. The predicted octanol–water partition coefficient (Wildman–Crippen LogP) is -0.331. The van der Waals surface area contributed by atoms with E-state index >= 15 is 0 Å². The van der Waals surface area contributed by atoms with E-state index in [2.05, 4.69) is 10.3 Å². The van der Waals surface area contributed by atoms with Gasteiger partial charge in [-0.05, 0) is 18.6 Å². The number of nitrogens with one attached hydrogen (secondary N) is 1. The fraction of sp³-hybridized carbons (Fsp3) is 0.273. The molecule has 0 aliphatic carbocycles. The number of carbonyl (C=O) groups excluding carboxylic acids is 2. The molecule has 0 radical (unpaired) electrons. The summed E-state index contributed by atoms with van der Waals surface area (Å²) in [7, 11) is 0. The second-order valence-corrected chi connectivity index (χ2v) is 3.74. The lowest BCUT2D eigenvalue weighted by molar-refractivity contribution is -0.139. The van der Waals surface area contributed by atoms with Crippen LogP contribution in [0.2, 0.25) is 0 Å². The van der Waals surface area contributed by atoms with Gasteiger partial charge in [0, 0.05) is 12.6 Å². The van der Waals surface area contributed by atoms with Crippen LogP contribution < -0.4 is 11.1 Å². The Bertz CT molecular complexity index is 489. The van der Waals surface area contributed by atoms with Crippen LogP contribution in [0.25, 0.3) is 0 Å². The minimum atomic E-state index is -1.29. The molecule has 1 atom stereocenters. The molecule has 8 heteroatoms. The minimum absolute atomic E-state index is 0.0201. The zero-order valence-corrected chi connectivity index (χ0v) is 9.80. The Kier molecular flexibility index (Phi) is 4.92. The topological polar surface area (TPSA) is 122 Å². The van der Waals surface area contributed by atoms with Gasteiger partial charge in [0.25, 0.3) is 5.91 Å². The first-order valence-electron chi connectivity index (χ1n) is 5.33. The number of rotatable bonds is 6. The van der Waals surface area contributed by atoms with E-state index in [0.29, 0.717) is 0 Å². The van der Waals surface area contributed by atoms with Crippen LogP contribution in [0.1, 0.15) is 23.2 Å². The number of primary amides is 1. The number of carbonyl (C=O) groups is 3. The zero-order valence-electron chi connectivity index (χ0n) is 9.80. The molecule has 0 saturated carbocycles. The zero-order chi connectivity index (χ0) is 14.4. The number of aromatic nitrogens is 1. The van der Waals surface area contributed by atoms with Crippen LogP contribution in [0.15, 0.2) is 18.3 Å². The molecular formula is C11H12FN3O4. The summed E-state index contributed by atoms with van der Waals surface area (Å²) < 4.78 is 12.6. The number of nitrogens with zero attached hydrogens (tertiary/aromatic N) is 1. The summed E-state index contributed by atoms with van der Waals surface area (Å²) in [6, 6.07) is 0.906. The monoisotopic (exact) mass is 269 g/mol. The molecule has 1 rings (SSSR count). The van der Waals surface area contributed by atoms with Crippen molar-refractivity contribution in [3.63, 3.8) is 0 Å². The van der Waals surface area contributed by atoms with Gasteiger partial charge in [-0.25, -0.2) is 9.78 Å². The first-order valence-corrected chi connectivity index (χ1v) is 5.33. The number of carboxylic acids is 1. The van der Waals surface area contributed by atoms with E-state index in [-0.39, 0.29) is 18.4 Å². The number of halogens is 1. The molecule has 0 aliphatic rings. The number of nitrogens with two attached hydrogens (primary N) is 1. The average Bonchev–Trinajstić information content (AvgIpc) is 2.34. The molecule has 102 valence electrons. The van der Waals surface area contributed by atoms with Gasteiger partial charge in [-0.3, -0.25) is 9.59 Å². The van der Waals surface area contributed by atoms with E-state index < -0.39 is 29.8 Å². The lowest BCUT2D eigenvalue weighted by Gasteiger charge is -2.13. The molecule has 7 nitrogen and oxygen atoms in total. The summed E-state index contributed by atoms with van der Waals surface area (Å²) in [5.41, 5.74) is 4.92. The van der Waals surface area contributed by atoms with E-state index in [0.717, 1.165) is 12.3 Å². The van der Waals surface area contributed by atoms with E-state index in [1.165, 1.54) is 6.07 Å². The van der Waals surface area contributed by atoms with Crippen LogP contribution in [-0.2, 0) is 9.59 Å². The molecule has 19 heavy (non-hydrogen) atoms. The summed E-state index contributed by atoms with van der Waals surface area (Å²) in [6.07, 6.45) is 0.696. The highest BCUT2D eigenvalue weighted by Crippen LogP contribution is 2.02. The molecule has 2 amide bonds. The van der Waals surface area contributed by atoms with E-state index in [9.17, 15) is 18.8 Å². The second-order valence-electron chi connectivity index (χ2n) is 3.74. The summed E-state index contributed by atoms with van der Waals surface area (Å²) in [5, 5.41) is 11.1. The molecule has 0 aromatic carbocycles. The number of pyridine rings is 1. The summed E-state index contributed by atoms with van der Waals surface area (Å²) in [6.45, 7) is 0. The average molecular weight is 269 g/mol. The first-order chi connectivity index (χ1) is 8.90. The Morgan fingerprint density at radius 3 is 2.58 bits per heavy atom. The van der Waals surface area contributed by atoms with E-state index in [1.807, 2.05) is 0 Å². The maximum atomic E-state index is 12.6. The van der Waals surface area contributed by atoms with Crippen molar-refractivity contribution in [1.82, 2.24) is 10.3 Å². The molecule has 4 N–H and O–H groups in total. The molecule has 1 aromatic heterocycles. The van der Waals surface area contributed by atoms with Gasteiger partial charge in [0.15, 0.2) is 0 Å². The second kappa shape index (κ2) is 6.43. The van der Waals surface area contributed by atoms with Gasteiger partial charge >= 0.3 is 5.97 Å². The predicted molar refractivity (Wildman–Crippen MR) is 61.5 cm³/mol. The molecule has 0 aliphatic heterocycles. The molecule has 0 spiro atoms. The van der Waals surface area contributed by atoms with Crippen LogP contribution in [-0.4, -0.2) is 33.9 Å².